The molecular weight excluding hydrogens is 437 g/mol. The Kier molecular flexibility index (Phi) is 9.24. The van der Waals surface area contributed by atoms with Crippen LogP contribution in [0.2, 0.25) is 0 Å². The molecule has 1 fully saturated rings. The summed E-state index contributed by atoms with van der Waals surface area (Å²) >= 11 is 0. The van der Waals surface area contributed by atoms with Gasteiger partial charge in [-0.25, -0.2) is 4.39 Å². The fourth-order valence-corrected chi connectivity index (χ4v) is 4.03. The van der Waals surface area contributed by atoms with E-state index in [0.29, 0.717) is 13.0 Å². The average Bonchev–Trinajstić information content (AvgIpc) is 2.85. The first-order valence-corrected chi connectivity index (χ1v) is 11.6. The predicted molar refractivity (Wildman–Crippen MR) is 131 cm³/mol. The molecular formula is C25H34FN5O3. The molecule has 1 aliphatic heterocycles. The fraction of sp³-hybridized carbons (Fsp3) is 0.440. The second-order valence-electron chi connectivity index (χ2n) is 8.54. The van der Waals surface area contributed by atoms with Crippen molar-refractivity contribution in [2.75, 3.05) is 69.8 Å². The van der Waals surface area contributed by atoms with E-state index in [0.717, 1.165) is 43.1 Å². The number of halogens is 1. The Morgan fingerprint density at radius 2 is 1.59 bits per heavy atom. The Morgan fingerprint density at radius 3 is 2.18 bits per heavy atom. The summed E-state index contributed by atoms with van der Waals surface area (Å²) in [6.45, 7) is 3.57. The van der Waals surface area contributed by atoms with E-state index < -0.39 is 11.8 Å². The summed E-state index contributed by atoms with van der Waals surface area (Å²) in [7, 11) is 3.97. The van der Waals surface area contributed by atoms with Crippen molar-refractivity contribution in [2.24, 2.45) is 0 Å². The van der Waals surface area contributed by atoms with Gasteiger partial charge < -0.3 is 25.5 Å². The number of nitrogens with zero attached hydrogens (tertiary/aromatic N) is 3. The average molecular weight is 472 g/mol. The maximum atomic E-state index is 13.3. The number of nitrogens with one attached hydrogen (secondary N) is 2. The van der Waals surface area contributed by atoms with Crippen molar-refractivity contribution in [3.05, 3.63) is 59.9 Å². The Morgan fingerprint density at radius 1 is 0.971 bits per heavy atom. The fourth-order valence-electron chi connectivity index (χ4n) is 4.03. The minimum absolute atomic E-state index is 0.0448. The van der Waals surface area contributed by atoms with Crippen LogP contribution in [0.3, 0.4) is 0 Å². The maximum absolute atomic E-state index is 13.3. The first kappa shape index (κ1) is 25.5. The van der Waals surface area contributed by atoms with E-state index in [2.05, 4.69) is 32.6 Å². The third-order valence-corrected chi connectivity index (χ3v) is 6.02. The normalized spacial score (nSPS) is 15.0. The lowest BCUT2D eigenvalue weighted by atomic mass is 10.0. The van der Waals surface area contributed by atoms with E-state index in [1.54, 1.807) is 12.1 Å². The number of rotatable bonds is 9. The van der Waals surface area contributed by atoms with Crippen molar-refractivity contribution in [2.45, 2.75) is 12.5 Å². The second kappa shape index (κ2) is 12.3. The molecule has 8 nitrogen and oxygen atoms in total. The monoisotopic (exact) mass is 471 g/mol. The number of aliphatic hydroxyl groups is 1. The highest BCUT2D eigenvalue weighted by atomic mass is 19.1. The Balaban J connectivity index is 1.67. The van der Waals surface area contributed by atoms with E-state index in [1.807, 2.05) is 31.1 Å². The highest BCUT2D eigenvalue weighted by molar-refractivity contribution is 6.35. The number of benzene rings is 2. The number of aliphatic hydroxyl groups excluding tert-OH is 1. The molecule has 1 heterocycles. The largest absolute Gasteiger partial charge is 0.396 e. The van der Waals surface area contributed by atoms with Gasteiger partial charge in [0.25, 0.3) is 0 Å². The lowest BCUT2D eigenvalue weighted by Crippen LogP contribution is -2.51. The summed E-state index contributed by atoms with van der Waals surface area (Å²) in [4.78, 5) is 30.9. The molecule has 1 unspecified atom stereocenters. The molecule has 0 aliphatic carbocycles. The van der Waals surface area contributed by atoms with Gasteiger partial charge in [0, 0.05) is 71.3 Å². The van der Waals surface area contributed by atoms with Gasteiger partial charge in [0.1, 0.15) is 5.82 Å². The number of carbonyl (C=O) groups excluding carboxylic acids is 2. The molecule has 0 radical (unpaired) electrons. The number of hydrogen-bond donors (Lipinski definition) is 3. The highest BCUT2D eigenvalue weighted by Gasteiger charge is 2.26. The smallest absolute Gasteiger partial charge is 0.309 e. The Hall–Kier alpha value is -3.17. The van der Waals surface area contributed by atoms with Crippen molar-refractivity contribution in [1.29, 1.82) is 0 Å². The van der Waals surface area contributed by atoms with Crippen LogP contribution < -0.4 is 20.4 Å². The van der Waals surface area contributed by atoms with Gasteiger partial charge in [-0.3, -0.25) is 14.5 Å². The van der Waals surface area contributed by atoms with Crippen LogP contribution in [0.5, 0.6) is 0 Å². The van der Waals surface area contributed by atoms with Crippen molar-refractivity contribution in [1.82, 2.24) is 15.5 Å². The molecule has 3 N–H and O–H groups in total. The molecule has 9 heteroatoms. The first-order chi connectivity index (χ1) is 16.4. The molecule has 2 aromatic rings. The van der Waals surface area contributed by atoms with Crippen molar-refractivity contribution in [3.8, 4) is 0 Å². The summed E-state index contributed by atoms with van der Waals surface area (Å²) < 4.78 is 13.3. The maximum Gasteiger partial charge on any atom is 0.309 e. The second-order valence-corrected chi connectivity index (χ2v) is 8.54. The van der Waals surface area contributed by atoms with Gasteiger partial charge in [-0.1, -0.05) is 12.1 Å². The SMILES string of the molecule is CN(C)c1ccc(C(CNC(=O)C(=O)NCCCO)N2CCN(c3ccc(F)cc3)CC2)cc1. The third kappa shape index (κ3) is 6.91. The van der Waals surface area contributed by atoms with Crippen molar-refractivity contribution in [3.63, 3.8) is 0 Å². The van der Waals surface area contributed by atoms with Crippen LogP contribution in [0.4, 0.5) is 15.8 Å². The zero-order valence-electron chi connectivity index (χ0n) is 19.8. The molecule has 3 rings (SSSR count). The van der Waals surface area contributed by atoms with E-state index in [-0.39, 0.29) is 25.0 Å². The molecule has 184 valence electrons. The summed E-state index contributed by atoms with van der Waals surface area (Å²) in [5, 5.41) is 14.1. The van der Waals surface area contributed by atoms with Crippen LogP contribution >= 0.6 is 0 Å². The highest BCUT2D eigenvalue weighted by Crippen LogP contribution is 2.26. The zero-order chi connectivity index (χ0) is 24.5. The molecule has 1 atom stereocenters. The standard InChI is InChI=1S/C25H34FN5O3/c1-29(2)21-8-4-19(5-9-21)23(18-28-25(34)24(33)27-12-3-17-32)31-15-13-30(14-16-31)22-10-6-20(26)7-11-22/h4-11,23,32H,3,12-18H2,1-2H3,(H,27,33)(H,28,34). The van der Waals surface area contributed by atoms with Crippen LogP contribution in [0.25, 0.3) is 0 Å². The molecule has 1 saturated heterocycles. The number of hydrogen-bond acceptors (Lipinski definition) is 6. The van der Waals surface area contributed by atoms with E-state index in [1.165, 1.54) is 12.1 Å². The third-order valence-electron chi connectivity index (χ3n) is 6.02. The zero-order valence-corrected chi connectivity index (χ0v) is 19.8. The van der Waals surface area contributed by atoms with Crippen LogP contribution in [0.1, 0.15) is 18.0 Å². The molecule has 2 aromatic carbocycles. The quantitative estimate of drug-likeness (QED) is 0.378. The molecule has 1 aliphatic rings. The van der Waals surface area contributed by atoms with E-state index in [9.17, 15) is 14.0 Å². The van der Waals surface area contributed by atoms with Crippen molar-refractivity contribution < 1.29 is 19.1 Å². The Bertz CT molecular complexity index is 929. The first-order valence-electron chi connectivity index (χ1n) is 11.6. The van der Waals surface area contributed by atoms with Crippen molar-refractivity contribution >= 4 is 23.2 Å². The topological polar surface area (TPSA) is 88.1 Å². The van der Waals surface area contributed by atoms with E-state index >= 15 is 0 Å². The predicted octanol–water partition coefficient (Wildman–Crippen LogP) is 1.37. The summed E-state index contributed by atoms with van der Waals surface area (Å²) in [6, 6.07) is 14.6. The summed E-state index contributed by atoms with van der Waals surface area (Å²) in [5.41, 5.74) is 3.12. The number of piperazine rings is 1. The lowest BCUT2D eigenvalue weighted by molar-refractivity contribution is -0.139. The molecule has 0 aromatic heterocycles. The van der Waals surface area contributed by atoms with Crippen LogP contribution in [-0.2, 0) is 9.59 Å². The van der Waals surface area contributed by atoms with Gasteiger partial charge in [0.05, 0.1) is 6.04 Å². The van der Waals surface area contributed by atoms with Gasteiger partial charge in [-0.15, -0.1) is 0 Å². The van der Waals surface area contributed by atoms with Gasteiger partial charge in [0.2, 0.25) is 0 Å². The van der Waals surface area contributed by atoms with Crippen LogP contribution in [0.15, 0.2) is 48.5 Å². The van der Waals surface area contributed by atoms with Gasteiger partial charge in [-0.2, -0.15) is 0 Å². The van der Waals surface area contributed by atoms with Crippen LogP contribution in [-0.4, -0.2) is 81.8 Å². The number of amides is 2. The lowest BCUT2D eigenvalue weighted by Gasteiger charge is -2.40. The molecule has 34 heavy (non-hydrogen) atoms. The number of anilines is 2. The van der Waals surface area contributed by atoms with Gasteiger partial charge in [0.15, 0.2) is 0 Å². The minimum atomic E-state index is -0.698. The van der Waals surface area contributed by atoms with Gasteiger partial charge >= 0.3 is 11.8 Å². The van der Waals surface area contributed by atoms with Gasteiger partial charge in [-0.05, 0) is 48.4 Å². The number of carbonyl (C=O) groups is 2. The summed E-state index contributed by atoms with van der Waals surface area (Å²) in [5.74, 6) is -1.63. The summed E-state index contributed by atoms with van der Waals surface area (Å²) in [6.07, 6.45) is 0.401. The Labute approximate surface area is 200 Å². The minimum Gasteiger partial charge on any atom is -0.396 e. The molecule has 0 saturated carbocycles. The molecule has 0 spiro atoms. The van der Waals surface area contributed by atoms with Crippen LogP contribution in [0, 0.1) is 5.82 Å². The van der Waals surface area contributed by atoms with E-state index in [4.69, 9.17) is 5.11 Å². The molecule has 2 amide bonds. The molecule has 0 bridgehead atoms.